The van der Waals surface area contributed by atoms with E-state index in [2.05, 4.69) is 13.8 Å². The van der Waals surface area contributed by atoms with E-state index in [0.717, 1.165) is 13.0 Å². The third-order valence-electron chi connectivity index (χ3n) is 3.58. The lowest BCUT2D eigenvalue weighted by molar-refractivity contribution is 0.0179. The van der Waals surface area contributed by atoms with E-state index in [9.17, 15) is 0 Å². The van der Waals surface area contributed by atoms with Gasteiger partial charge in [-0.1, -0.05) is 32.6 Å². The summed E-state index contributed by atoms with van der Waals surface area (Å²) in [4.78, 5) is 0. The summed E-state index contributed by atoms with van der Waals surface area (Å²) in [5.41, 5.74) is 6.34. The highest BCUT2D eigenvalue weighted by Gasteiger charge is 2.27. The summed E-state index contributed by atoms with van der Waals surface area (Å²) < 4.78 is 5.77. The molecule has 15 heavy (non-hydrogen) atoms. The molecule has 0 bridgehead atoms. The molecule has 0 amide bonds. The molecule has 0 radical (unpaired) electrons. The van der Waals surface area contributed by atoms with Crippen molar-refractivity contribution in [1.29, 1.82) is 0 Å². The third-order valence-corrected chi connectivity index (χ3v) is 3.58. The molecule has 0 spiro atoms. The normalized spacial score (nSPS) is 22.6. The number of hydrogen-bond acceptors (Lipinski definition) is 2. The zero-order valence-corrected chi connectivity index (χ0v) is 10.4. The lowest BCUT2D eigenvalue weighted by Crippen LogP contribution is -2.43. The van der Waals surface area contributed by atoms with E-state index in [1.807, 2.05) is 0 Å². The fraction of sp³-hybridized carbons (Fsp3) is 1.00. The van der Waals surface area contributed by atoms with Gasteiger partial charge in [0.25, 0.3) is 0 Å². The molecular weight excluding hydrogens is 186 g/mol. The molecule has 1 aliphatic rings. The third kappa shape index (κ3) is 4.12. The van der Waals surface area contributed by atoms with E-state index in [1.165, 1.54) is 38.5 Å². The molecule has 2 unspecified atom stereocenters. The number of hydrogen-bond donors (Lipinski definition) is 1. The molecule has 0 saturated heterocycles. The molecule has 1 fully saturated rings. The summed E-state index contributed by atoms with van der Waals surface area (Å²) in [7, 11) is 0. The first-order valence-corrected chi connectivity index (χ1v) is 6.66. The van der Waals surface area contributed by atoms with Gasteiger partial charge in [0.05, 0.1) is 6.10 Å². The van der Waals surface area contributed by atoms with Gasteiger partial charge >= 0.3 is 0 Å². The first-order chi connectivity index (χ1) is 7.29. The van der Waals surface area contributed by atoms with Gasteiger partial charge in [-0.25, -0.2) is 0 Å². The Balaban J connectivity index is 2.41. The van der Waals surface area contributed by atoms with Gasteiger partial charge in [0.15, 0.2) is 0 Å². The highest BCUT2D eigenvalue weighted by Crippen LogP contribution is 2.28. The van der Waals surface area contributed by atoms with Crippen molar-refractivity contribution in [3.8, 4) is 0 Å². The summed E-state index contributed by atoms with van der Waals surface area (Å²) in [6.45, 7) is 5.07. The zero-order chi connectivity index (χ0) is 11.1. The molecule has 0 aromatic rings. The quantitative estimate of drug-likeness (QED) is 0.736. The van der Waals surface area contributed by atoms with E-state index in [1.54, 1.807) is 0 Å². The largest absolute Gasteiger partial charge is 0.377 e. The molecule has 0 aromatic carbocycles. The second kappa shape index (κ2) is 7.24. The average Bonchev–Trinajstić information content (AvgIpc) is 2.29. The van der Waals surface area contributed by atoms with Crippen molar-refractivity contribution < 1.29 is 4.74 Å². The Morgan fingerprint density at radius 1 is 1.20 bits per heavy atom. The van der Waals surface area contributed by atoms with E-state index < -0.39 is 0 Å². The Kier molecular flexibility index (Phi) is 6.26. The van der Waals surface area contributed by atoms with Gasteiger partial charge in [0.1, 0.15) is 0 Å². The maximum Gasteiger partial charge on any atom is 0.0728 e. The number of rotatable bonds is 6. The van der Waals surface area contributed by atoms with Crippen LogP contribution in [0.25, 0.3) is 0 Å². The van der Waals surface area contributed by atoms with Crippen molar-refractivity contribution in [3.63, 3.8) is 0 Å². The van der Waals surface area contributed by atoms with Gasteiger partial charge in [-0.15, -0.1) is 0 Å². The predicted molar refractivity (Wildman–Crippen MR) is 64.9 cm³/mol. The van der Waals surface area contributed by atoms with E-state index in [-0.39, 0.29) is 6.04 Å². The van der Waals surface area contributed by atoms with Crippen LogP contribution in [0.2, 0.25) is 0 Å². The fourth-order valence-corrected chi connectivity index (χ4v) is 2.71. The molecule has 0 heterocycles. The Labute approximate surface area is 94.6 Å². The first kappa shape index (κ1) is 13.0. The molecular formula is C13H27NO. The van der Waals surface area contributed by atoms with Crippen molar-refractivity contribution in [2.75, 3.05) is 6.61 Å². The van der Waals surface area contributed by atoms with Crippen LogP contribution in [0.4, 0.5) is 0 Å². The van der Waals surface area contributed by atoms with Crippen molar-refractivity contribution in [1.82, 2.24) is 0 Å². The summed E-state index contributed by atoms with van der Waals surface area (Å²) >= 11 is 0. The smallest absolute Gasteiger partial charge is 0.0728 e. The molecule has 0 aliphatic heterocycles. The van der Waals surface area contributed by atoms with Crippen LogP contribution in [-0.2, 0) is 4.74 Å². The Morgan fingerprint density at radius 3 is 2.40 bits per heavy atom. The van der Waals surface area contributed by atoms with Gasteiger partial charge in [0.2, 0.25) is 0 Å². The van der Waals surface area contributed by atoms with Crippen LogP contribution in [0.15, 0.2) is 0 Å². The van der Waals surface area contributed by atoms with Crippen LogP contribution < -0.4 is 5.73 Å². The highest BCUT2D eigenvalue weighted by molar-refractivity contribution is 4.83. The van der Waals surface area contributed by atoms with Crippen LogP contribution >= 0.6 is 0 Å². The van der Waals surface area contributed by atoms with E-state index in [0.29, 0.717) is 12.0 Å². The van der Waals surface area contributed by atoms with Crippen LogP contribution in [0.3, 0.4) is 0 Å². The monoisotopic (exact) mass is 213 g/mol. The predicted octanol–water partition coefficient (Wildman–Crippen LogP) is 3.10. The second-order valence-electron chi connectivity index (χ2n) is 4.76. The standard InChI is InChI=1S/C13H27NO/c1-3-8-12(15-4-2)13(14)11-9-6-5-7-10-11/h11-13H,3-10,14H2,1-2H3. The molecule has 2 nitrogen and oxygen atoms in total. The average molecular weight is 213 g/mol. The zero-order valence-electron chi connectivity index (χ0n) is 10.4. The van der Waals surface area contributed by atoms with Crippen molar-refractivity contribution in [3.05, 3.63) is 0 Å². The SMILES string of the molecule is CCCC(OCC)C(N)C1CCCCC1. The lowest BCUT2D eigenvalue weighted by atomic mass is 9.81. The molecule has 2 N–H and O–H groups in total. The number of nitrogens with two attached hydrogens (primary N) is 1. The molecule has 1 rings (SSSR count). The molecule has 1 saturated carbocycles. The highest BCUT2D eigenvalue weighted by atomic mass is 16.5. The Morgan fingerprint density at radius 2 is 1.87 bits per heavy atom. The van der Waals surface area contributed by atoms with E-state index >= 15 is 0 Å². The van der Waals surface area contributed by atoms with Crippen LogP contribution in [0.5, 0.6) is 0 Å². The molecule has 2 heteroatoms. The fourth-order valence-electron chi connectivity index (χ4n) is 2.71. The number of ether oxygens (including phenoxy) is 1. The van der Waals surface area contributed by atoms with Gasteiger partial charge in [0, 0.05) is 12.6 Å². The topological polar surface area (TPSA) is 35.2 Å². The minimum atomic E-state index is 0.269. The summed E-state index contributed by atoms with van der Waals surface area (Å²) in [6.07, 6.45) is 9.34. The van der Waals surface area contributed by atoms with E-state index in [4.69, 9.17) is 10.5 Å². The van der Waals surface area contributed by atoms with Crippen LogP contribution in [-0.4, -0.2) is 18.8 Å². The van der Waals surface area contributed by atoms with Crippen molar-refractivity contribution >= 4 is 0 Å². The first-order valence-electron chi connectivity index (χ1n) is 6.66. The summed E-state index contributed by atoms with van der Waals surface area (Å²) in [5, 5.41) is 0. The van der Waals surface area contributed by atoms with Gasteiger partial charge in [-0.3, -0.25) is 0 Å². The molecule has 2 atom stereocenters. The Hall–Kier alpha value is -0.0800. The van der Waals surface area contributed by atoms with Gasteiger partial charge in [-0.2, -0.15) is 0 Å². The van der Waals surface area contributed by atoms with Crippen LogP contribution in [0, 0.1) is 5.92 Å². The molecule has 90 valence electrons. The minimum Gasteiger partial charge on any atom is -0.377 e. The summed E-state index contributed by atoms with van der Waals surface area (Å²) in [6, 6.07) is 0.269. The van der Waals surface area contributed by atoms with Crippen molar-refractivity contribution in [2.24, 2.45) is 11.7 Å². The minimum absolute atomic E-state index is 0.269. The maximum absolute atomic E-state index is 6.34. The molecule has 0 aromatic heterocycles. The maximum atomic E-state index is 6.34. The van der Waals surface area contributed by atoms with Crippen molar-refractivity contribution in [2.45, 2.75) is 70.9 Å². The van der Waals surface area contributed by atoms with Crippen LogP contribution in [0.1, 0.15) is 58.8 Å². The van der Waals surface area contributed by atoms with Gasteiger partial charge < -0.3 is 10.5 Å². The summed E-state index contributed by atoms with van der Waals surface area (Å²) in [5.74, 6) is 0.710. The Bertz CT molecular complexity index is 149. The second-order valence-corrected chi connectivity index (χ2v) is 4.76. The molecule has 1 aliphatic carbocycles. The lowest BCUT2D eigenvalue weighted by Gasteiger charge is -2.33. The van der Waals surface area contributed by atoms with Gasteiger partial charge in [-0.05, 0) is 32.1 Å².